The molecule has 5 heteroatoms. The van der Waals surface area contributed by atoms with Crippen LogP contribution in [0.4, 0.5) is 5.69 Å². The minimum absolute atomic E-state index is 0.413. The molecule has 0 unspecified atom stereocenters. The van der Waals surface area contributed by atoms with Gasteiger partial charge in [-0.2, -0.15) is 0 Å². The van der Waals surface area contributed by atoms with Crippen molar-refractivity contribution in [3.05, 3.63) is 40.9 Å². The lowest BCUT2D eigenvalue weighted by molar-refractivity contribution is -0.138. The van der Waals surface area contributed by atoms with Crippen molar-refractivity contribution in [1.82, 2.24) is 0 Å². The van der Waals surface area contributed by atoms with Gasteiger partial charge in [0.05, 0.1) is 11.9 Å². The van der Waals surface area contributed by atoms with E-state index >= 15 is 0 Å². The zero-order valence-electron chi connectivity index (χ0n) is 8.14. The lowest BCUT2D eigenvalue weighted by Crippen LogP contribution is -2.05. The number of nitrogens with one attached hydrogen (secondary N) is 1. The van der Waals surface area contributed by atoms with E-state index in [4.69, 9.17) is 0 Å². The van der Waals surface area contributed by atoms with Crippen LogP contribution >= 0.6 is 0 Å². The number of nitrogens with zero attached hydrogens (tertiary/aromatic N) is 1. The minimum atomic E-state index is -0.413. The van der Waals surface area contributed by atoms with Gasteiger partial charge in [0.2, 0.25) is 0 Å². The lowest BCUT2D eigenvalue weighted by Gasteiger charge is -2.04. The largest absolute Gasteiger partial charge is 0.344 e. The molecule has 78 valence electrons. The number of benzene rings is 1. The van der Waals surface area contributed by atoms with E-state index in [2.05, 4.69) is 15.5 Å². The summed E-state index contributed by atoms with van der Waals surface area (Å²) in [5, 5.41) is 2.60. The van der Waals surface area contributed by atoms with Crippen molar-refractivity contribution in [3.63, 3.8) is 0 Å². The second-order valence-corrected chi connectivity index (χ2v) is 2.74. The van der Waals surface area contributed by atoms with Crippen LogP contribution < -0.4 is 5.48 Å². The molecule has 1 N–H and O–H groups in total. The van der Waals surface area contributed by atoms with Gasteiger partial charge in [-0.05, 0) is 28.9 Å². The van der Waals surface area contributed by atoms with E-state index in [1.54, 1.807) is 30.3 Å². The summed E-state index contributed by atoms with van der Waals surface area (Å²) < 4.78 is 0. The molecule has 1 aromatic rings. The first kappa shape index (κ1) is 10.9. The summed E-state index contributed by atoms with van der Waals surface area (Å²) >= 11 is 0. The molecule has 0 bridgehead atoms. The number of hydrogen-bond acceptors (Lipinski definition) is 5. The van der Waals surface area contributed by atoms with Gasteiger partial charge in [-0.1, -0.05) is 12.1 Å². The SMILES string of the molecule is CC(=O)ONc1ccc(/C=C/N=O)cc1. The summed E-state index contributed by atoms with van der Waals surface area (Å²) in [5.41, 5.74) is 3.96. The molecule has 0 spiro atoms. The van der Waals surface area contributed by atoms with Crippen molar-refractivity contribution in [3.8, 4) is 0 Å². The van der Waals surface area contributed by atoms with Gasteiger partial charge in [0, 0.05) is 6.92 Å². The molecule has 0 aliphatic rings. The quantitative estimate of drug-likeness (QED) is 0.606. The highest BCUT2D eigenvalue weighted by atomic mass is 16.7. The number of hydrogen-bond donors (Lipinski definition) is 1. The van der Waals surface area contributed by atoms with Gasteiger partial charge < -0.3 is 4.84 Å². The summed E-state index contributed by atoms with van der Waals surface area (Å²) in [6.45, 7) is 1.31. The Labute approximate surface area is 86.7 Å². The van der Waals surface area contributed by atoms with Crippen LogP contribution in [0.3, 0.4) is 0 Å². The molecule has 0 heterocycles. The molecule has 0 aliphatic carbocycles. The van der Waals surface area contributed by atoms with Gasteiger partial charge in [-0.3, -0.25) is 4.79 Å². The molecule has 0 amide bonds. The van der Waals surface area contributed by atoms with Gasteiger partial charge in [0.1, 0.15) is 0 Å². The zero-order chi connectivity index (χ0) is 11.1. The molecular weight excluding hydrogens is 196 g/mol. The molecule has 0 atom stereocenters. The summed E-state index contributed by atoms with van der Waals surface area (Å²) in [6, 6.07) is 6.95. The number of rotatable bonds is 4. The van der Waals surface area contributed by atoms with Crippen LogP contribution in [-0.2, 0) is 9.63 Å². The van der Waals surface area contributed by atoms with Crippen molar-refractivity contribution in [2.75, 3.05) is 5.48 Å². The molecule has 0 saturated heterocycles. The second kappa shape index (κ2) is 5.54. The van der Waals surface area contributed by atoms with Crippen LogP contribution in [-0.4, -0.2) is 5.97 Å². The van der Waals surface area contributed by atoms with Crippen LogP contribution in [0.15, 0.2) is 35.6 Å². The normalized spacial score (nSPS) is 9.93. The molecule has 0 aromatic heterocycles. The number of anilines is 1. The molecule has 0 radical (unpaired) electrons. The molecule has 1 rings (SSSR count). The van der Waals surface area contributed by atoms with Crippen molar-refractivity contribution in [2.24, 2.45) is 5.18 Å². The van der Waals surface area contributed by atoms with E-state index in [9.17, 15) is 9.70 Å². The predicted molar refractivity (Wildman–Crippen MR) is 56.7 cm³/mol. The van der Waals surface area contributed by atoms with Gasteiger partial charge in [-0.15, -0.1) is 4.91 Å². The van der Waals surface area contributed by atoms with Crippen LogP contribution in [0, 0.1) is 4.91 Å². The third-order valence-corrected chi connectivity index (χ3v) is 1.55. The Kier molecular flexibility index (Phi) is 4.03. The number of carbonyl (C=O) groups is 1. The van der Waals surface area contributed by atoms with Gasteiger partial charge in [-0.25, -0.2) is 5.48 Å². The molecule has 1 aromatic carbocycles. The van der Waals surface area contributed by atoms with Gasteiger partial charge in [0.25, 0.3) is 0 Å². The van der Waals surface area contributed by atoms with Crippen molar-refractivity contribution in [2.45, 2.75) is 6.92 Å². The smallest absolute Gasteiger partial charge is 0.329 e. The Morgan fingerprint density at radius 3 is 2.60 bits per heavy atom. The number of carbonyl (C=O) groups excluding carboxylic acids is 1. The molecule has 0 fully saturated rings. The van der Waals surface area contributed by atoms with E-state index in [1.165, 1.54) is 6.92 Å². The molecule has 0 aliphatic heterocycles. The van der Waals surface area contributed by atoms with Crippen LogP contribution in [0.2, 0.25) is 0 Å². The Morgan fingerprint density at radius 2 is 2.07 bits per heavy atom. The first-order valence-electron chi connectivity index (χ1n) is 4.25. The molecular formula is C10H10N2O3. The van der Waals surface area contributed by atoms with E-state index < -0.39 is 5.97 Å². The summed E-state index contributed by atoms with van der Waals surface area (Å²) in [6.07, 6.45) is 2.73. The summed E-state index contributed by atoms with van der Waals surface area (Å²) in [7, 11) is 0. The fourth-order valence-electron chi connectivity index (χ4n) is 0.910. The highest BCUT2D eigenvalue weighted by Crippen LogP contribution is 2.10. The lowest BCUT2D eigenvalue weighted by atomic mass is 10.2. The molecule has 5 nitrogen and oxygen atoms in total. The fourth-order valence-corrected chi connectivity index (χ4v) is 0.910. The first-order chi connectivity index (χ1) is 7.22. The third kappa shape index (κ3) is 4.04. The number of nitroso groups, excluding NO2 is 1. The van der Waals surface area contributed by atoms with Gasteiger partial charge in [0.15, 0.2) is 0 Å². The highest BCUT2D eigenvalue weighted by molar-refractivity contribution is 5.67. The Hall–Kier alpha value is -2.17. The van der Waals surface area contributed by atoms with E-state index in [-0.39, 0.29) is 0 Å². The first-order valence-corrected chi connectivity index (χ1v) is 4.25. The Bertz CT molecular complexity index is 371. The van der Waals surface area contributed by atoms with Crippen molar-refractivity contribution >= 4 is 17.7 Å². The average Bonchev–Trinajstić information content (AvgIpc) is 2.25. The monoisotopic (exact) mass is 206 g/mol. The third-order valence-electron chi connectivity index (χ3n) is 1.55. The Balaban J connectivity index is 2.59. The predicted octanol–water partition coefficient (Wildman–Crippen LogP) is 2.31. The van der Waals surface area contributed by atoms with E-state index in [1.807, 2.05) is 0 Å². The second-order valence-electron chi connectivity index (χ2n) is 2.74. The average molecular weight is 206 g/mol. The highest BCUT2D eigenvalue weighted by Gasteiger charge is 1.94. The fraction of sp³-hybridized carbons (Fsp3) is 0.100. The molecule has 0 saturated carbocycles. The van der Waals surface area contributed by atoms with Crippen LogP contribution in [0.5, 0.6) is 0 Å². The van der Waals surface area contributed by atoms with E-state index in [0.29, 0.717) is 5.69 Å². The maximum atomic E-state index is 10.5. The summed E-state index contributed by atoms with van der Waals surface area (Å²) in [4.78, 5) is 24.9. The zero-order valence-corrected chi connectivity index (χ0v) is 8.14. The topological polar surface area (TPSA) is 67.8 Å². The minimum Gasteiger partial charge on any atom is -0.344 e. The van der Waals surface area contributed by atoms with Gasteiger partial charge >= 0.3 is 5.97 Å². The van der Waals surface area contributed by atoms with Crippen molar-refractivity contribution < 1.29 is 9.63 Å². The summed E-state index contributed by atoms with van der Waals surface area (Å²) in [5.74, 6) is -0.413. The Morgan fingerprint density at radius 1 is 1.40 bits per heavy atom. The van der Waals surface area contributed by atoms with Crippen molar-refractivity contribution in [1.29, 1.82) is 0 Å². The standard InChI is InChI=1S/C10H10N2O3/c1-8(13)15-12-10-4-2-9(3-5-10)6-7-11-14/h2-7,12H,1H3/b7-6+. The maximum Gasteiger partial charge on any atom is 0.329 e. The molecule has 15 heavy (non-hydrogen) atoms. The van der Waals surface area contributed by atoms with Crippen LogP contribution in [0.1, 0.15) is 12.5 Å². The maximum absolute atomic E-state index is 10.5. The van der Waals surface area contributed by atoms with Crippen LogP contribution in [0.25, 0.3) is 6.08 Å². The van der Waals surface area contributed by atoms with E-state index in [0.717, 1.165) is 11.8 Å².